The highest BCUT2D eigenvalue weighted by Gasteiger charge is 2.31. The second-order valence-corrected chi connectivity index (χ2v) is 11.6. The predicted molar refractivity (Wildman–Crippen MR) is 151 cm³/mol. The van der Waals surface area contributed by atoms with Crippen LogP contribution in [0.5, 0.6) is 11.5 Å². The Kier molecular flexibility index (Phi) is 7.58. The average molecular weight is 560 g/mol. The van der Waals surface area contributed by atoms with Crippen LogP contribution in [0.4, 0.5) is 4.39 Å². The maximum Gasteiger partial charge on any atom is 0.323 e. The van der Waals surface area contributed by atoms with E-state index in [0.717, 1.165) is 58.6 Å². The van der Waals surface area contributed by atoms with Crippen molar-refractivity contribution in [3.63, 3.8) is 0 Å². The zero-order valence-corrected chi connectivity index (χ0v) is 23.1. The first-order chi connectivity index (χ1) is 19.5. The molecule has 3 aromatic heterocycles. The molecule has 0 N–H and O–H groups in total. The van der Waals surface area contributed by atoms with Crippen LogP contribution in [0.15, 0.2) is 54.9 Å². The van der Waals surface area contributed by atoms with Gasteiger partial charge < -0.3 is 9.47 Å². The van der Waals surface area contributed by atoms with E-state index in [1.807, 2.05) is 24.4 Å². The van der Waals surface area contributed by atoms with Crippen LogP contribution >= 0.6 is 11.3 Å². The number of esters is 1. The maximum atomic E-state index is 14.9. The number of benzene rings is 1. The Labute approximate surface area is 236 Å². The summed E-state index contributed by atoms with van der Waals surface area (Å²) in [6.45, 7) is 1.49. The van der Waals surface area contributed by atoms with Crippen LogP contribution in [0.25, 0.3) is 20.8 Å². The lowest BCUT2D eigenvalue weighted by atomic mass is 10.0. The van der Waals surface area contributed by atoms with Crippen LogP contribution in [-0.2, 0) is 27.3 Å². The highest BCUT2D eigenvalue weighted by Crippen LogP contribution is 2.39. The van der Waals surface area contributed by atoms with Crippen molar-refractivity contribution < 1.29 is 23.5 Å². The molecule has 0 spiro atoms. The number of pyridine rings is 2. The number of ether oxygens (including phenoxy) is 2. The van der Waals surface area contributed by atoms with Crippen LogP contribution < -0.4 is 4.74 Å². The SMILES string of the molecule is COC(=O)[C@@H]1CCCN1Cc1ccc(-c2cc3nccc(Oc4ccc(CC(=O)CC5CC5)cc4F)c3s2)nc1. The number of rotatable bonds is 10. The number of thiophene rings is 1. The number of ketones is 1. The zero-order chi connectivity index (χ0) is 27.6. The molecule has 1 aliphatic carbocycles. The van der Waals surface area contributed by atoms with Gasteiger partial charge in [-0.25, -0.2) is 4.39 Å². The Morgan fingerprint density at radius 1 is 1.05 bits per heavy atom. The summed E-state index contributed by atoms with van der Waals surface area (Å²) in [6, 6.07) is 12.2. The van der Waals surface area contributed by atoms with Gasteiger partial charge in [-0.3, -0.25) is 24.5 Å². The maximum absolute atomic E-state index is 14.9. The average Bonchev–Trinajstić information content (AvgIpc) is 3.45. The summed E-state index contributed by atoms with van der Waals surface area (Å²) < 4.78 is 26.6. The van der Waals surface area contributed by atoms with E-state index in [1.54, 1.807) is 24.4 Å². The van der Waals surface area contributed by atoms with Crippen LogP contribution in [0.2, 0.25) is 0 Å². The summed E-state index contributed by atoms with van der Waals surface area (Å²) >= 11 is 1.48. The van der Waals surface area contributed by atoms with Gasteiger partial charge in [0, 0.05) is 37.8 Å². The highest BCUT2D eigenvalue weighted by molar-refractivity contribution is 7.22. The molecule has 1 aromatic carbocycles. The van der Waals surface area contributed by atoms with E-state index in [9.17, 15) is 14.0 Å². The number of aromatic nitrogens is 2. The van der Waals surface area contributed by atoms with Crippen molar-refractivity contribution in [3.8, 4) is 22.1 Å². The van der Waals surface area contributed by atoms with Gasteiger partial charge in [-0.1, -0.05) is 12.1 Å². The molecule has 0 amide bonds. The molecule has 4 aromatic rings. The summed E-state index contributed by atoms with van der Waals surface area (Å²) in [5, 5.41) is 0. The number of halogens is 1. The van der Waals surface area contributed by atoms with Crippen LogP contribution in [-0.4, -0.2) is 46.3 Å². The highest BCUT2D eigenvalue weighted by atomic mass is 32.1. The van der Waals surface area contributed by atoms with Crippen molar-refractivity contribution in [2.75, 3.05) is 13.7 Å². The number of carbonyl (C=O) groups is 2. The molecular formula is C31H30FN3O4S. The molecule has 4 heterocycles. The van der Waals surface area contributed by atoms with E-state index in [2.05, 4.69) is 14.9 Å². The Bertz CT molecular complexity index is 1550. The van der Waals surface area contributed by atoms with Crippen LogP contribution in [0, 0.1) is 11.7 Å². The smallest absolute Gasteiger partial charge is 0.323 e. The van der Waals surface area contributed by atoms with Gasteiger partial charge in [0.2, 0.25) is 0 Å². The van der Waals surface area contributed by atoms with E-state index in [4.69, 9.17) is 9.47 Å². The molecule has 9 heteroatoms. The molecule has 2 aliphatic rings. The lowest BCUT2D eigenvalue weighted by Gasteiger charge is -2.22. The Hall–Kier alpha value is -3.69. The Morgan fingerprint density at radius 2 is 1.90 bits per heavy atom. The van der Waals surface area contributed by atoms with Gasteiger partial charge in [0.15, 0.2) is 11.6 Å². The molecule has 2 fully saturated rings. The molecule has 0 unspecified atom stereocenters. The molecule has 0 radical (unpaired) electrons. The number of nitrogens with zero attached hydrogens (tertiary/aromatic N) is 3. The number of hydrogen-bond acceptors (Lipinski definition) is 8. The molecule has 40 heavy (non-hydrogen) atoms. The third-order valence-corrected chi connectivity index (χ3v) is 8.67. The first-order valence-corrected chi connectivity index (χ1v) is 14.4. The molecular weight excluding hydrogens is 529 g/mol. The second-order valence-electron chi connectivity index (χ2n) is 10.6. The number of carbonyl (C=O) groups excluding carboxylic acids is 2. The van der Waals surface area contributed by atoms with Gasteiger partial charge in [0.05, 0.1) is 27.9 Å². The third-order valence-electron chi connectivity index (χ3n) is 7.51. The molecule has 1 saturated heterocycles. The molecule has 1 aliphatic heterocycles. The second kappa shape index (κ2) is 11.4. The van der Waals surface area contributed by atoms with Gasteiger partial charge in [0.1, 0.15) is 17.6 Å². The first kappa shape index (κ1) is 26.5. The van der Waals surface area contributed by atoms with E-state index < -0.39 is 5.82 Å². The summed E-state index contributed by atoms with van der Waals surface area (Å²) in [7, 11) is 1.43. The van der Waals surface area contributed by atoms with E-state index >= 15 is 0 Å². The molecule has 6 rings (SSSR count). The molecule has 206 valence electrons. The monoisotopic (exact) mass is 559 g/mol. The van der Waals surface area contributed by atoms with E-state index in [1.165, 1.54) is 24.5 Å². The summed E-state index contributed by atoms with van der Waals surface area (Å²) in [5.41, 5.74) is 3.23. The fraction of sp³-hybridized carbons (Fsp3) is 0.355. The van der Waals surface area contributed by atoms with Crippen molar-refractivity contribution in [2.24, 2.45) is 5.92 Å². The van der Waals surface area contributed by atoms with Gasteiger partial charge in [0.25, 0.3) is 0 Å². The van der Waals surface area contributed by atoms with Crippen molar-refractivity contribution >= 4 is 33.3 Å². The van der Waals surface area contributed by atoms with Crippen LogP contribution in [0.3, 0.4) is 0 Å². The minimum atomic E-state index is -0.497. The lowest BCUT2D eigenvalue weighted by molar-refractivity contribution is -0.146. The minimum Gasteiger partial charge on any atom is -0.468 e. The van der Waals surface area contributed by atoms with Crippen molar-refractivity contribution in [1.29, 1.82) is 0 Å². The summed E-state index contributed by atoms with van der Waals surface area (Å²) in [5.74, 6) is 0.609. The van der Waals surface area contributed by atoms with Crippen molar-refractivity contribution in [1.82, 2.24) is 14.9 Å². The van der Waals surface area contributed by atoms with Gasteiger partial charge in [-0.05, 0) is 73.5 Å². The largest absolute Gasteiger partial charge is 0.468 e. The van der Waals surface area contributed by atoms with E-state index in [-0.39, 0.29) is 30.0 Å². The number of methoxy groups -OCH3 is 1. The molecule has 0 bridgehead atoms. The lowest BCUT2D eigenvalue weighted by Crippen LogP contribution is -2.36. The fourth-order valence-electron chi connectivity index (χ4n) is 5.24. The van der Waals surface area contributed by atoms with Crippen LogP contribution in [0.1, 0.15) is 43.2 Å². The van der Waals surface area contributed by atoms with Crippen molar-refractivity contribution in [2.45, 2.75) is 51.1 Å². The number of Topliss-reactive ketones (excluding diaryl/α,β-unsaturated/α-hetero) is 1. The van der Waals surface area contributed by atoms with Gasteiger partial charge in [-0.15, -0.1) is 11.3 Å². The summed E-state index contributed by atoms with van der Waals surface area (Å²) in [6.07, 6.45) is 8.33. The van der Waals surface area contributed by atoms with Gasteiger partial charge in [-0.2, -0.15) is 0 Å². The Balaban J connectivity index is 1.16. The number of hydrogen-bond donors (Lipinski definition) is 0. The third kappa shape index (κ3) is 5.90. The standard InChI is InChI=1S/C31H30FN3O4S/c1-38-31(37)26-3-2-12-35(26)18-21-6-8-24(34-17-21)29-16-25-30(40-29)28(10-11-33-25)39-27-9-7-20(15-23(27)32)14-22(36)13-19-4-5-19/h6-11,15-17,19,26H,2-5,12-14,18H2,1H3/t26-/m0/s1. The van der Waals surface area contributed by atoms with Gasteiger partial charge >= 0.3 is 5.97 Å². The van der Waals surface area contributed by atoms with Crippen molar-refractivity contribution in [3.05, 3.63) is 71.8 Å². The molecule has 1 saturated carbocycles. The number of fused-ring (bicyclic) bond motifs is 1. The Morgan fingerprint density at radius 3 is 2.65 bits per heavy atom. The normalized spacial score (nSPS) is 17.3. The molecule has 7 nitrogen and oxygen atoms in total. The minimum absolute atomic E-state index is 0.107. The predicted octanol–water partition coefficient (Wildman–Crippen LogP) is 6.34. The molecule has 1 atom stereocenters. The number of likely N-dealkylation sites (tertiary alicyclic amines) is 1. The topological polar surface area (TPSA) is 81.6 Å². The van der Waals surface area contributed by atoms with E-state index in [0.29, 0.717) is 30.2 Å². The fourth-order valence-corrected chi connectivity index (χ4v) is 6.28. The summed E-state index contributed by atoms with van der Waals surface area (Å²) in [4.78, 5) is 36.4. The zero-order valence-electron chi connectivity index (χ0n) is 22.3. The first-order valence-electron chi connectivity index (χ1n) is 13.6. The quantitative estimate of drug-likeness (QED) is 0.210.